The largest absolute Gasteiger partial charge is 0.356 e. The predicted molar refractivity (Wildman–Crippen MR) is 131 cm³/mol. The summed E-state index contributed by atoms with van der Waals surface area (Å²) in [6.45, 7) is 1.29. The van der Waals surface area contributed by atoms with Crippen LogP contribution in [0.1, 0.15) is 41.0 Å². The van der Waals surface area contributed by atoms with Crippen LogP contribution >= 0.6 is 0 Å². The summed E-state index contributed by atoms with van der Waals surface area (Å²) in [6.07, 6.45) is 1.46. The van der Waals surface area contributed by atoms with Gasteiger partial charge >= 0.3 is 0 Å². The zero-order valence-electron chi connectivity index (χ0n) is 18.7. The SMILES string of the molecule is O=C(CC(c1ccccc1)c1ccccc1)NCCCS(=O)(=O)N1CCc2ccccc2C1. The topological polar surface area (TPSA) is 66.5 Å². The number of hydrogen-bond donors (Lipinski definition) is 1. The molecular formula is C27H30N2O3S. The molecule has 0 fully saturated rings. The van der Waals surface area contributed by atoms with Gasteiger partial charge in [-0.1, -0.05) is 84.9 Å². The molecular weight excluding hydrogens is 432 g/mol. The molecule has 0 bridgehead atoms. The lowest BCUT2D eigenvalue weighted by Gasteiger charge is -2.28. The van der Waals surface area contributed by atoms with Crippen LogP contribution in [0.25, 0.3) is 0 Å². The number of nitrogens with one attached hydrogen (secondary N) is 1. The summed E-state index contributed by atoms with van der Waals surface area (Å²) in [7, 11) is -3.35. The zero-order valence-corrected chi connectivity index (χ0v) is 19.5. The van der Waals surface area contributed by atoms with Gasteiger partial charge in [0.2, 0.25) is 15.9 Å². The summed E-state index contributed by atoms with van der Waals surface area (Å²) in [5, 5.41) is 2.92. The lowest BCUT2D eigenvalue weighted by Crippen LogP contribution is -2.38. The van der Waals surface area contributed by atoms with Crippen LogP contribution in [0.5, 0.6) is 0 Å². The van der Waals surface area contributed by atoms with E-state index in [-0.39, 0.29) is 17.6 Å². The third-order valence-electron chi connectivity index (χ3n) is 6.18. The highest BCUT2D eigenvalue weighted by Gasteiger charge is 2.26. The molecule has 0 unspecified atom stereocenters. The number of fused-ring (bicyclic) bond motifs is 1. The molecule has 33 heavy (non-hydrogen) atoms. The second-order valence-corrected chi connectivity index (χ2v) is 10.5. The molecule has 0 saturated heterocycles. The van der Waals surface area contributed by atoms with Gasteiger partial charge in [-0.15, -0.1) is 0 Å². The standard InChI is InChI=1S/C27H30N2O3S/c30-27(20-26(23-11-3-1-4-12-23)24-13-5-2-6-14-24)28-17-9-19-33(31,32)29-18-16-22-10-7-8-15-25(22)21-29/h1-8,10-15,26H,9,16-21H2,(H,28,30). The van der Waals surface area contributed by atoms with Gasteiger partial charge in [-0.3, -0.25) is 4.79 Å². The summed E-state index contributed by atoms with van der Waals surface area (Å²) in [6, 6.07) is 28.0. The number of carbonyl (C=O) groups is 1. The van der Waals surface area contributed by atoms with Crippen LogP contribution in [-0.2, 0) is 27.8 Å². The van der Waals surface area contributed by atoms with Crippen LogP contribution in [0.4, 0.5) is 0 Å². The molecule has 4 rings (SSSR count). The van der Waals surface area contributed by atoms with Gasteiger partial charge in [-0.2, -0.15) is 4.31 Å². The van der Waals surface area contributed by atoms with Crippen molar-refractivity contribution in [3.8, 4) is 0 Å². The van der Waals surface area contributed by atoms with Crippen molar-refractivity contribution in [3.05, 3.63) is 107 Å². The highest BCUT2D eigenvalue weighted by molar-refractivity contribution is 7.89. The van der Waals surface area contributed by atoms with Crippen molar-refractivity contribution in [1.82, 2.24) is 9.62 Å². The molecule has 0 atom stereocenters. The van der Waals surface area contributed by atoms with Gasteiger partial charge in [0.1, 0.15) is 0 Å². The Hall–Kier alpha value is -2.96. The molecule has 0 aromatic heterocycles. The maximum atomic E-state index is 12.8. The van der Waals surface area contributed by atoms with E-state index < -0.39 is 10.0 Å². The summed E-state index contributed by atoms with van der Waals surface area (Å²) in [5.74, 6) is -0.0717. The molecule has 1 heterocycles. The molecule has 3 aromatic rings. The fourth-order valence-electron chi connectivity index (χ4n) is 4.38. The van der Waals surface area contributed by atoms with Crippen LogP contribution in [0, 0.1) is 0 Å². The molecule has 6 heteroatoms. The van der Waals surface area contributed by atoms with Gasteiger partial charge < -0.3 is 5.32 Å². The Labute approximate surface area is 196 Å². The molecule has 3 aromatic carbocycles. The normalized spacial score (nSPS) is 14.1. The molecule has 1 aliphatic rings. The van der Waals surface area contributed by atoms with Crippen LogP contribution in [-0.4, -0.2) is 37.5 Å². The molecule has 1 amide bonds. The van der Waals surface area contributed by atoms with E-state index in [1.807, 2.05) is 78.9 Å². The number of benzene rings is 3. The van der Waals surface area contributed by atoms with Crippen LogP contribution < -0.4 is 5.32 Å². The van der Waals surface area contributed by atoms with E-state index in [1.165, 1.54) is 5.56 Å². The van der Waals surface area contributed by atoms with Gasteiger partial charge in [0, 0.05) is 32.0 Å². The molecule has 172 valence electrons. The van der Waals surface area contributed by atoms with Gasteiger partial charge in [-0.25, -0.2) is 8.42 Å². The number of hydrogen-bond acceptors (Lipinski definition) is 3. The fourth-order valence-corrected chi connectivity index (χ4v) is 5.85. The molecule has 0 aliphatic carbocycles. The number of amides is 1. The Kier molecular flexibility index (Phi) is 7.57. The molecule has 1 N–H and O–H groups in total. The summed E-state index contributed by atoms with van der Waals surface area (Å²) < 4.78 is 27.2. The molecule has 0 saturated carbocycles. The molecule has 5 nitrogen and oxygen atoms in total. The van der Waals surface area contributed by atoms with E-state index >= 15 is 0 Å². The minimum atomic E-state index is -3.35. The first-order valence-electron chi connectivity index (χ1n) is 11.4. The zero-order chi connectivity index (χ0) is 23.1. The number of sulfonamides is 1. The summed E-state index contributed by atoms with van der Waals surface area (Å²) in [4.78, 5) is 12.7. The highest BCUT2D eigenvalue weighted by atomic mass is 32.2. The average molecular weight is 463 g/mol. The number of carbonyl (C=O) groups excluding carboxylic acids is 1. The second kappa shape index (κ2) is 10.8. The van der Waals surface area contributed by atoms with Gasteiger partial charge in [0.15, 0.2) is 0 Å². The van der Waals surface area contributed by atoms with Crippen molar-refractivity contribution >= 4 is 15.9 Å². The lowest BCUT2D eigenvalue weighted by molar-refractivity contribution is -0.121. The Bertz CT molecular complexity index is 1120. The van der Waals surface area contributed by atoms with E-state index in [1.54, 1.807) is 4.31 Å². The number of nitrogens with zero attached hydrogens (tertiary/aromatic N) is 1. The maximum absolute atomic E-state index is 12.8. The van der Waals surface area contributed by atoms with E-state index in [4.69, 9.17) is 0 Å². The van der Waals surface area contributed by atoms with Crippen LogP contribution in [0.3, 0.4) is 0 Å². The van der Waals surface area contributed by atoms with Crippen molar-refractivity contribution in [1.29, 1.82) is 0 Å². The fraction of sp³-hybridized carbons (Fsp3) is 0.296. The summed E-state index contributed by atoms with van der Waals surface area (Å²) >= 11 is 0. The van der Waals surface area contributed by atoms with Crippen LogP contribution in [0.15, 0.2) is 84.9 Å². The van der Waals surface area contributed by atoms with E-state index in [9.17, 15) is 13.2 Å². The molecule has 1 aliphatic heterocycles. The Morgan fingerprint density at radius 3 is 2.06 bits per heavy atom. The van der Waals surface area contributed by atoms with Crippen molar-refractivity contribution < 1.29 is 13.2 Å². The monoisotopic (exact) mass is 462 g/mol. The average Bonchev–Trinajstić information content (AvgIpc) is 2.86. The van der Waals surface area contributed by atoms with Gasteiger partial charge in [0.05, 0.1) is 5.75 Å². The quantitative estimate of drug-likeness (QED) is 0.487. The van der Waals surface area contributed by atoms with Gasteiger partial charge in [0.25, 0.3) is 0 Å². The lowest BCUT2D eigenvalue weighted by atomic mass is 9.88. The van der Waals surface area contributed by atoms with Crippen LogP contribution in [0.2, 0.25) is 0 Å². The first-order chi connectivity index (χ1) is 16.0. The van der Waals surface area contributed by atoms with E-state index in [0.717, 1.165) is 23.1 Å². The smallest absolute Gasteiger partial charge is 0.220 e. The van der Waals surface area contributed by atoms with Crippen molar-refractivity contribution in [2.45, 2.75) is 31.7 Å². The first-order valence-corrected chi connectivity index (χ1v) is 13.0. The second-order valence-electron chi connectivity index (χ2n) is 8.45. The Morgan fingerprint density at radius 2 is 1.42 bits per heavy atom. The summed E-state index contributed by atoms with van der Waals surface area (Å²) in [5.41, 5.74) is 4.48. The third kappa shape index (κ3) is 6.09. The van der Waals surface area contributed by atoms with Crippen molar-refractivity contribution in [2.24, 2.45) is 0 Å². The van der Waals surface area contributed by atoms with Gasteiger partial charge in [-0.05, 0) is 35.1 Å². The molecule has 0 spiro atoms. The predicted octanol–water partition coefficient (Wildman–Crippen LogP) is 4.10. The molecule has 0 radical (unpaired) electrons. The number of rotatable bonds is 9. The first kappa shape index (κ1) is 23.2. The Morgan fingerprint density at radius 1 is 0.848 bits per heavy atom. The van der Waals surface area contributed by atoms with E-state index in [2.05, 4.69) is 11.4 Å². The minimum absolute atomic E-state index is 0.0375. The van der Waals surface area contributed by atoms with E-state index in [0.29, 0.717) is 32.5 Å². The highest BCUT2D eigenvalue weighted by Crippen LogP contribution is 2.27. The maximum Gasteiger partial charge on any atom is 0.220 e. The third-order valence-corrected chi connectivity index (χ3v) is 8.09. The Balaban J connectivity index is 1.29. The van der Waals surface area contributed by atoms with Crippen molar-refractivity contribution in [2.75, 3.05) is 18.8 Å². The van der Waals surface area contributed by atoms with Crippen molar-refractivity contribution in [3.63, 3.8) is 0 Å². The minimum Gasteiger partial charge on any atom is -0.356 e.